The molecular weight excluding hydrogens is 613 g/mol. The van der Waals surface area contributed by atoms with E-state index in [2.05, 4.69) is 40.7 Å². The van der Waals surface area contributed by atoms with Crippen LogP contribution >= 0.6 is 0 Å². The maximum atomic E-state index is 11.8. The summed E-state index contributed by atoms with van der Waals surface area (Å²) in [6.07, 6.45) is 15.3. The lowest BCUT2D eigenvalue weighted by Gasteiger charge is -2.61. The average Bonchev–Trinajstić information content (AvgIpc) is 2.91. The Bertz CT molecular complexity index is 1540. The fourth-order valence-corrected chi connectivity index (χ4v) is 11.0. The third-order valence-electron chi connectivity index (χ3n) is 12.7. The first-order valence-corrected chi connectivity index (χ1v) is 19.4. The zero-order valence-electron chi connectivity index (χ0n) is 27.5. The molecule has 1 aromatic rings. The summed E-state index contributed by atoms with van der Waals surface area (Å²) in [7, 11) is -9.64. The number of fused-ring (bicyclic) bond motifs is 2. The zero-order chi connectivity index (χ0) is 33.0. The first-order valence-electron chi connectivity index (χ1n) is 16.7. The highest BCUT2D eigenvalue weighted by Gasteiger charge is 2.56. The van der Waals surface area contributed by atoms with Crippen LogP contribution < -0.4 is 8.37 Å². The lowest BCUT2D eigenvalue weighted by molar-refractivity contribution is -0.0670. The number of allylic oxidation sites excluding steroid dienone is 3. The number of hydrogen-bond donors (Lipinski definition) is 2. The van der Waals surface area contributed by atoms with E-state index in [9.17, 15) is 25.9 Å². The van der Waals surface area contributed by atoms with E-state index >= 15 is 0 Å². The molecule has 3 fully saturated rings. The van der Waals surface area contributed by atoms with Gasteiger partial charge in [-0.15, -0.1) is 0 Å². The standard InChI is InChI=1S/C35H52O8S2/c1-23-12-14-30-29(10-8-18-33(30,4)5)28(23)17-20-35-19-16-24(2)34(6,32(35)11-7-9-25(35)3)22-26-21-27(42-44(36,37)38)13-15-31(26)43-45(39,40)41/h13-15,21,23-24,28-29,32H,3,7-12,16-20,22H2,1-2,4-6H3,(H,36,37,38)(H,39,40,41)/t23-,24+,28+,29-,32-,34+,35?/m1/s1. The number of benzene rings is 1. The number of hydrogen-bond acceptors (Lipinski definition) is 6. The molecule has 4 aliphatic rings. The number of rotatable bonds is 9. The van der Waals surface area contributed by atoms with E-state index in [1.807, 2.05) is 0 Å². The highest BCUT2D eigenvalue weighted by Crippen LogP contribution is 2.65. The molecule has 5 rings (SSSR count). The van der Waals surface area contributed by atoms with Crippen LogP contribution in [0.25, 0.3) is 0 Å². The summed E-state index contributed by atoms with van der Waals surface area (Å²) < 4.78 is 75.1. The molecule has 7 atom stereocenters. The molecule has 0 heterocycles. The predicted molar refractivity (Wildman–Crippen MR) is 176 cm³/mol. The second-order valence-corrected chi connectivity index (χ2v) is 17.6. The Morgan fingerprint density at radius 2 is 1.67 bits per heavy atom. The molecule has 1 unspecified atom stereocenters. The van der Waals surface area contributed by atoms with Crippen LogP contribution in [0, 0.1) is 45.8 Å². The van der Waals surface area contributed by atoms with Gasteiger partial charge in [0.2, 0.25) is 0 Å². The molecule has 0 amide bonds. The first kappa shape index (κ1) is 34.5. The van der Waals surface area contributed by atoms with E-state index in [4.69, 9.17) is 14.9 Å². The molecule has 0 spiro atoms. The minimum absolute atomic E-state index is 0.0443. The second-order valence-electron chi connectivity index (χ2n) is 15.6. The summed E-state index contributed by atoms with van der Waals surface area (Å²) in [6.45, 7) is 16.5. The smallest absolute Gasteiger partial charge is 0.362 e. The molecule has 0 bridgehead atoms. The van der Waals surface area contributed by atoms with Gasteiger partial charge in [0.25, 0.3) is 0 Å². The summed E-state index contributed by atoms with van der Waals surface area (Å²) in [5, 5.41) is 0. The van der Waals surface area contributed by atoms with Crippen LogP contribution in [-0.4, -0.2) is 25.9 Å². The van der Waals surface area contributed by atoms with Gasteiger partial charge >= 0.3 is 20.8 Å². The van der Waals surface area contributed by atoms with Crippen molar-refractivity contribution in [1.82, 2.24) is 0 Å². The topological polar surface area (TPSA) is 127 Å². The monoisotopic (exact) mass is 664 g/mol. The van der Waals surface area contributed by atoms with Crippen molar-refractivity contribution in [3.8, 4) is 11.5 Å². The summed E-state index contributed by atoms with van der Waals surface area (Å²) in [6, 6.07) is 3.84. The normalized spacial score (nSPS) is 35.1. The summed E-state index contributed by atoms with van der Waals surface area (Å²) >= 11 is 0. The van der Waals surface area contributed by atoms with Crippen LogP contribution in [-0.2, 0) is 27.2 Å². The Kier molecular flexibility index (Phi) is 9.41. The average molecular weight is 665 g/mol. The Hall–Kier alpha value is -1.88. The lowest BCUT2D eigenvalue weighted by Crippen LogP contribution is -2.53. The molecule has 0 aliphatic heterocycles. The van der Waals surface area contributed by atoms with E-state index in [1.165, 1.54) is 43.0 Å². The van der Waals surface area contributed by atoms with Crippen LogP contribution in [0.1, 0.15) is 111 Å². The first-order chi connectivity index (χ1) is 20.8. The minimum Gasteiger partial charge on any atom is -0.362 e. The van der Waals surface area contributed by atoms with E-state index < -0.39 is 20.8 Å². The quantitative estimate of drug-likeness (QED) is 0.199. The molecule has 0 aromatic heterocycles. The van der Waals surface area contributed by atoms with Crippen molar-refractivity contribution in [3.63, 3.8) is 0 Å². The van der Waals surface area contributed by atoms with E-state index in [0.29, 0.717) is 29.7 Å². The SMILES string of the molecule is C=C1CCC[C@H]2C1(CC[C@H]1[C@H](C)CC=C3[C@@H]1CCCC3(C)C)CC[C@H](C)[C@]2(C)Cc1cc(OS(=O)(=O)O)ccc1OS(=O)(=O)O. The highest BCUT2D eigenvalue weighted by molar-refractivity contribution is 7.81. The van der Waals surface area contributed by atoms with E-state index in [-0.39, 0.29) is 39.6 Å². The van der Waals surface area contributed by atoms with Gasteiger partial charge in [0.15, 0.2) is 0 Å². The third kappa shape index (κ3) is 7.04. The molecule has 0 saturated heterocycles. The van der Waals surface area contributed by atoms with E-state index in [0.717, 1.165) is 51.4 Å². The molecule has 0 radical (unpaired) electrons. The van der Waals surface area contributed by atoms with Gasteiger partial charge in [-0.25, -0.2) is 0 Å². The fourth-order valence-electron chi connectivity index (χ4n) is 10.2. The van der Waals surface area contributed by atoms with Crippen LogP contribution in [0.3, 0.4) is 0 Å². The van der Waals surface area contributed by atoms with Gasteiger partial charge in [-0.3, -0.25) is 9.11 Å². The maximum absolute atomic E-state index is 11.8. The second kappa shape index (κ2) is 12.3. The van der Waals surface area contributed by atoms with Crippen LogP contribution in [0.4, 0.5) is 0 Å². The molecule has 45 heavy (non-hydrogen) atoms. The maximum Gasteiger partial charge on any atom is 0.446 e. The fraction of sp³-hybridized carbons (Fsp3) is 0.714. The van der Waals surface area contributed by atoms with Gasteiger partial charge in [-0.1, -0.05) is 64.8 Å². The Morgan fingerprint density at radius 1 is 0.956 bits per heavy atom. The van der Waals surface area contributed by atoms with Crippen LogP contribution in [0.2, 0.25) is 0 Å². The van der Waals surface area contributed by atoms with Crippen molar-refractivity contribution < 1.29 is 34.3 Å². The van der Waals surface area contributed by atoms with Gasteiger partial charge < -0.3 is 8.37 Å². The molecule has 1 aromatic carbocycles. The highest BCUT2D eigenvalue weighted by atomic mass is 32.3. The van der Waals surface area contributed by atoms with Crippen LogP contribution in [0.5, 0.6) is 11.5 Å². The molecule has 8 nitrogen and oxygen atoms in total. The van der Waals surface area contributed by atoms with Crippen LogP contribution in [0.15, 0.2) is 42.0 Å². The van der Waals surface area contributed by atoms with Crippen molar-refractivity contribution in [1.29, 1.82) is 0 Å². The van der Waals surface area contributed by atoms with Crippen molar-refractivity contribution in [2.75, 3.05) is 0 Å². The zero-order valence-corrected chi connectivity index (χ0v) is 29.2. The molecule has 10 heteroatoms. The molecule has 252 valence electrons. The Labute approximate surface area is 271 Å². The largest absolute Gasteiger partial charge is 0.446 e. The van der Waals surface area contributed by atoms with Gasteiger partial charge in [0.05, 0.1) is 0 Å². The van der Waals surface area contributed by atoms with Gasteiger partial charge in [-0.2, -0.15) is 16.8 Å². The molecule has 3 saturated carbocycles. The third-order valence-corrected chi connectivity index (χ3v) is 13.5. The van der Waals surface area contributed by atoms with Crippen molar-refractivity contribution in [2.24, 2.45) is 45.8 Å². The summed E-state index contributed by atoms with van der Waals surface area (Å²) in [4.78, 5) is 0. The van der Waals surface area contributed by atoms with Gasteiger partial charge in [-0.05, 0) is 135 Å². The Balaban J connectivity index is 1.49. The van der Waals surface area contributed by atoms with Crippen molar-refractivity contribution in [3.05, 3.63) is 47.6 Å². The lowest BCUT2D eigenvalue weighted by atomic mass is 9.44. The van der Waals surface area contributed by atoms with E-state index in [1.54, 1.807) is 5.57 Å². The van der Waals surface area contributed by atoms with Gasteiger partial charge in [0.1, 0.15) is 11.5 Å². The Morgan fingerprint density at radius 3 is 2.36 bits per heavy atom. The van der Waals surface area contributed by atoms with Gasteiger partial charge in [0, 0.05) is 5.56 Å². The molecule has 4 aliphatic carbocycles. The molecule has 2 N–H and O–H groups in total. The predicted octanol–water partition coefficient (Wildman–Crippen LogP) is 8.56. The minimum atomic E-state index is -4.84. The summed E-state index contributed by atoms with van der Waals surface area (Å²) in [5.74, 6) is 2.22. The molecular formula is C35H52O8S2. The summed E-state index contributed by atoms with van der Waals surface area (Å²) in [5.41, 5.74) is 3.32. The van der Waals surface area contributed by atoms with Crippen molar-refractivity contribution in [2.45, 2.75) is 112 Å². The van der Waals surface area contributed by atoms with Crippen molar-refractivity contribution >= 4 is 20.8 Å².